The molecule has 29 heavy (non-hydrogen) atoms. The Kier molecular flexibility index (Phi) is 7.49. The third-order valence-corrected chi connectivity index (χ3v) is 5.39. The number of hydrogen-bond donors (Lipinski definition) is 2. The van der Waals surface area contributed by atoms with Crippen LogP contribution in [0, 0.1) is 13.8 Å². The Bertz CT molecular complexity index is 809. The van der Waals surface area contributed by atoms with E-state index in [-0.39, 0.29) is 6.10 Å². The molecule has 0 radical (unpaired) electrons. The molecule has 0 amide bonds. The van der Waals surface area contributed by atoms with E-state index in [1.165, 1.54) is 37.7 Å². The summed E-state index contributed by atoms with van der Waals surface area (Å²) in [6.07, 6.45) is 6.29. The predicted molar refractivity (Wildman–Crippen MR) is 116 cm³/mol. The third-order valence-electron chi connectivity index (χ3n) is 5.39. The minimum absolute atomic E-state index is 0.0206. The van der Waals surface area contributed by atoms with Crippen LogP contribution in [0.4, 0.5) is 0 Å². The zero-order valence-corrected chi connectivity index (χ0v) is 18.1. The van der Waals surface area contributed by atoms with Crippen molar-refractivity contribution in [2.75, 3.05) is 6.54 Å². The first-order valence-corrected chi connectivity index (χ1v) is 10.6. The van der Waals surface area contributed by atoms with Crippen LogP contribution < -0.4 is 15.4 Å². The molecule has 7 heteroatoms. The predicted octanol–water partition coefficient (Wildman–Crippen LogP) is 3.27. The van der Waals surface area contributed by atoms with Gasteiger partial charge in [0.25, 0.3) is 0 Å². The van der Waals surface area contributed by atoms with Gasteiger partial charge < -0.3 is 19.9 Å². The monoisotopic (exact) mass is 398 g/mol. The van der Waals surface area contributed by atoms with Crippen LogP contribution in [0.3, 0.4) is 0 Å². The number of nitrogens with one attached hydrogen (secondary N) is 2. The zero-order valence-electron chi connectivity index (χ0n) is 18.1. The molecular formula is C22H34N6O. The number of hydrogen-bond acceptors (Lipinski definition) is 4. The quantitative estimate of drug-likeness (QED) is 0.553. The summed E-state index contributed by atoms with van der Waals surface area (Å²) in [5.74, 6) is 3.46. The molecule has 0 spiro atoms. The van der Waals surface area contributed by atoms with Crippen molar-refractivity contribution in [1.82, 2.24) is 25.4 Å². The van der Waals surface area contributed by atoms with Crippen molar-refractivity contribution < 1.29 is 4.74 Å². The molecule has 7 nitrogen and oxygen atoms in total. The summed E-state index contributed by atoms with van der Waals surface area (Å²) in [7, 11) is 1.97. The molecule has 1 aromatic carbocycles. The first-order valence-electron chi connectivity index (χ1n) is 10.6. The summed E-state index contributed by atoms with van der Waals surface area (Å²) in [6, 6.07) is 8.62. The third kappa shape index (κ3) is 6.48. The molecule has 1 saturated carbocycles. The molecule has 3 rings (SSSR count). The Balaban J connectivity index is 1.60. The van der Waals surface area contributed by atoms with Crippen LogP contribution in [0.25, 0.3) is 0 Å². The smallest absolute Gasteiger partial charge is 0.192 e. The molecule has 2 N–H and O–H groups in total. The minimum Gasteiger partial charge on any atom is -0.489 e. The highest BCUT2D eigenvalue weighted by Gasteiger charge is 2.16. The van der Waals surface area contributed by atoms with E-state index in [4.69, 9.17) is 9.73 Å². The molecule has 0 bridgehead atoms. The van der Waals surface area contributed by atoms with Gasteiger partial charge in [-0.3, -0.25) is 0 Å². The lowest BCUT2D eigenvalue weighted by Crippen LogP contribution is -2.46. The molecule has 0 saturated heterocycles. The molecule has 1 heterocycles. The average molecular weight is 399 g/mol. The number of aliphatic imine (C=N–C) groups is 1. The molecule has 0 aliphatic heterocycles. The summed E-state index contributed by atoms with van der Waals surface area (Å²) >= 11 is 0. The Morgan fingerprint density at radius 2 is 2.03 bits per heavy atom. The van der Waals surface area contributed by atoms with Gasteiger partial charge in [0.2, 0.25) is 0 Å². The number of guanidine groups is 1. The van der Waals surface area contributed by atoms with E-state index in [0.29, 0.717) is 19.1 Å². The molecule has 1 aromatic heterocycles. The van der Waals surface area contributed by atoms with Gasteiger partial charge in [0.05, 0.1) is 6.54 Å². The van der Waals surface area contributed by atoms with Gasteiger partial charge in [-0.2, -0.15) is 0 Å². The van der Waals surface area contributed by atoms with E-state index in [1.807, 2.05) is 30.7 Å². The fraction of sp³-hybridized carbons (Fsp3) is 0.591. The van der Waals surface area contributed by atoms with Gasteiger partial charge in [0.15, 0.2) is 11.8 Å². The van der Waals surface area contributed by atoms with Gasteiger partial charge in [0, 0.05) is 13.1 Å². The molecule has 1 aliphatic rings. The summed E-state index contributed by atoms with van der Waals surface area (Å²) in [5, 5.41) is 15.4. The van der Waals surface area contributed by atoms with Crippen LogP contribution in [0.15, 0.2) is 29.3 Å². The second kappa shape index (κ2) is 10.3. The molecule has 1 aliphatic carbocycles. The van der Waals surface area contributed by atoms with Gasteiger partial charge >= 0.3 is 0 Å². The van der Waals surface area contributed by atoms with Crippen molar-refractivity contribution in [2.24, 2.45) is 12.0 Å². The Hall–Kier alpha value is -2.57. The van der Waals surface area contributed by atoms with Gasteiger partial charge in [-0.25, -0.2) is 4.99 Å². The minimum atomic E-state index is 0.0206. The van der Waals surface area contributed by atoms with Gasteiger partial charge in [-0.15, -0.1) is 10.2 Å². The molecule has 1 unspecified atom stereocenters. The fourth-order valence-corrected chi connectivity index (χ4v) is 3.53. The molecule has 1 atom stereocenters. The lowest BCUT2D eigenvalue weighted by Gasteiger charge is -2.26. The van der Waals surface area contributed by atoms with Crippen LogP contribution in [-0.2, 0) is 13.6 Å². The van der Waals surface area contributed by atoms with E-state index in [9.17, 15) is 0 Å². The van der Waals surface area contributed by atoms with Gasteiger partial charge in [-0.05, 0) is 51.3 Å². The van der Waals surface area contributed by atoms with Crippen molar-refractivity contribution in [1.29, 1.82) is 0 Å². The number of benzene rings is 1. The Morgan fingerprint density at radius 3 is 2.72 bits per heavy atom. The highest BCUT2D eigenvalue weighted by Crippen LogP contribution is 2.17. The first-order chi connectivity index (χ1) is 14.0. The number of rotatable bonds is 7. The lowest BCUT2D eigenvalue weighted by molar-refractivity contribution is 0.223. The summed E-state index contributed by atoms with van der Waals surface area (Å²) in [6.45, 7) is 7.25. The maximum Gasteiger partial charge on any atom is 0.192 e. The Morgan fingerprint density at radius 1 is 1.24 bits per heavy atom. The van der Waals surface area contributed by atoms with Crippen LogP contribution in [0.1, 0.15) is 56.2 Å². The average Bonchev–Trinajstić information content (AvgIpc) is 3.03. The van der Waals surface area contributed by atoms with Crippen molar-refractivity contribution in [3.05, 3.63) is 41.5 Å². The highest BCUT2D eigenvalue weighted by atomic mass is 16.5. The fourth-order valence-electron chi connectivity index (χ4n) is 3.53. The van der Waals surface area contributed by atoms with Crippen molar-refractivity contribution in [2.45, 2.75) is 71.6 Å². The normalized spacial score (nSPS) is 16.5. The SMILES string of the molecule is Cc1cccc(OC(C)CNC(=NCc2nnc(C)n2C)NC2CCCCC2)c1. The second-order valence-corrected chi connectivity index (χ2v) is 7.99. The molecular weight excluding hydrogens is 364 g/mol. The summed E-state index contributed by atoms with van der Waals surface area (Å²) < 4.78 is 8.03. The van der Waals surface area contributed by atoms with Crippen LogP contribution >= 0.6 is 0 Å². The molecule has 158 valence electrons. The van der Waals surface area contributed by atoms with E-state index >= 15 is 0 Å². The number of aromatic nitrogens is 3. The van der Waals surface area contributed by atoms with Crippen LogP contribution in [0.5, 0.6) is 5.75 Å². The first kappa shape index (κ1) is 21.1. The van der Waals surface area contributed by atoms with E-state index in [1.54, 1.807) is 0 Å². The Labute approximate surface area is 174 Å². The van der Waals surface area contributed by atoms with Gasteiger partial charge in [0.1, 0.15) is 24.2 Å². The standard InChI is InChI=1S/C22H34N6O/c1-16-9-8-12-20(13-16)29-17(2)14-23-22(25-19-10-6-5-7-11-19)24-15-21-27-26-18(3)28(21)4/h8-9,12-13,17,19H,5-7,10-11,14-15H2,1-4H3,(H2,23,24,25). The van der Waals surface area contributed by atoms with E-state index in [0.717, 1.165) is 23.4 Å². The molecule has 1 fully saturated rings. The maximum atomic E-state index is 6.05. The number of aryl methyl sites for hydroxylation is 2. The summed E-state index contributed by atoms with van der Waals surface area (Å²) in [5.41, 5.74) is 1.20. The zero-order chi connectivity index (χ0) is 20.6. The highest BCUT2D eigenvalue weighted by molar-refractivity contribution is 5.80. The maximum absolute atomic E-state index is 6.05. The number of nitrogens with zero attached hydrogens (tertiary/aromatic N) is 4. The van der Waals surface area contributed by atoms with Crippen LogP contribution in [-0.4, -0.2) is 39.4 Å². The van der Waals surface area contributed by atoms with Gasteiger partial charge in [-0.1, -0.05) is 31.4 Å². The summed E-state index contributed by atoms with van der Waals surface area (Å²) in [4.78, 5) is 4.77. The van der Waals surface area contributed by atoms with Crippen LogP contribution in [0.2, 0.25) is 0 Å². The van der Waals surface area contributed by atoms with E-state index in [2.05, 4.69) is 46.8 Å². The largest absolute Gasteiger partial charge is 0.489 e. The van der Waals surface area contributed by atoms with E-state index < -0.39 is 0 Å². The van der Waals surface area contributed by atoms with Crippen molar-refractivity contribution in [3.63, 3.8) is 0 Å². The lowest BCUT2D eigenvalue weighted by atomic mass is 9.96. The second-order valence-electron chi connectivity index (χ2n) is 7.99. The number of ether oxygens (including phenoxy) is 1. The molecule has 2 aromatic rings. The topological polar surface area (TPSA) is 76.4 Å². The van der Waals surface area contributed by atoms with Crippen molar-refractivity contribution >= 4 is 5.96 Å². The van der Waals surface area contributed by atoms with Crippen molar-refractivity contribution in [3.8, 4) is 5.75 Å².